The molecule has 5 heteroatoms. The molecule has 1 heterocycles. The van der Waals surface area contributed by atoms with Gasteiger partial charge in [0.25, 0.3) is 5.91 Å². The zero-order valence-electron chi connectivity index (χ0n) is 10.3. The molecule has 1 amide bonds. The lowest BCUT2D eigenvalue weighted by molar-refractivity contribution is 0.103. The van der Waals surface area contributed by atoms with E-state index >= 15 is 0 Å². The highest BCUT2D eigenvalue weighted by molar-refractivity contribution is 7.12. The Kier molecular flexibility index (Phi) is 4.29. The Hall–Kier alpha value is -2.16. The fourth-order valence-corrected chi connectivity index (χ4v) is 2.23. The highest BCUT2D eigenvalue weighted by Gasteiger charge is 2.12. The molecule has 4 nitrogen and oxygen atoms in total. The van der Waals surface area contributed by atoms with Crippen molar-refractivity contribution in [1.82, 2.24) is 4.98 Å². The van der Waals surface area contributed by atoms with Gasteiger partial charge in [-0.1, -0.05) is 24.0 Å². The number of rotatable bonds is 2. The van der Waals surface area contributed by atoms with Crippen molar-refractivity contribution in [2.45, 2.75) is 6.92 Å². The minimum Gasteiger partial charge on any atom is -0.384 e. The maximum atomic E-state index is 12.1. The van der Waals surface area contributed by atoms with Gasteiger partial charge in [0.1, 0.15) is 11.5 Å². The van der Waals surface area contributed by atoms with Crippen molar-refractivity contribution >= 4 is 22.9 Å². The summed E-state index contributed by atoms with van der Waals surface area (Å²) in [6, 6.07) is 7.21. The molecule has 19 heavy (non-hydrogen) atoms. The molecule has 0 fully saturated rings. The van der Waals surface area contributed by atoms with Gasteiger partial charge in [0.2, 0.25) is 0 Å². The molecule has 96 valence electrons. The Morgan fingerprint density at radius 1 is 1.47 bits per heavy atom. The maximum Gasteiger partial charge on any atom is 0.267 e. The van der Waals surface area contributed by atoms with E-state index in [0.717, 1.165) is 0 Å². The third-order valence-corrected chi connectivity index (χ3v) is 3.36. The van der Waals surface area contributed by atoms with Gasteiger partial charge in [-0.15, -0.1) is 11.3 Å². The number of carbonyl (C=O) groups excluding carboxylic acids is 1. The summed E-state index contributed by atoms with van der Waals surface area (Å²) in [7, 11) is 0. The molecule has 0 unspecified atom stereocenters. The van der Waals surface area contributed by atoms with Gasteiger partial charge in [-0.05, 0) is 19.1 Å². The van der Waals surface area contributed by atoms with Crippen LogP contribution >= 0.6 is 11.3 Å². The van der Waals surface area contributed by atoms with Gasteiger partial charge >= 0.3 is 0 Å². The van der Waals surface area contributed by atoms with Gasteiger partial charge in [0.05, 0.1) is 16.9 Å². The predicted octanol–water partition coefficient (Wildman–Crippen LogP) is 2.05. The van der Waals surface area contributed by atoms with Gasteiger partial charge in [-0.2, -0.15) is 0 Å². The summed E-state index contributed by atoms with van der Waals surface area (Å²) < 4.78 is 0. The number of para-hydroxylation sites is 1. The molecule has 0 radical (unpaired) electrons. The summed E-state index contributed by atoms with van der Waals surface area (Å²) in [5.74, 6) is 5.17. The molecule has 0 saturated heterocycles. The highest BCUT2D eigenvalue weighted by Crippen LogP contribution is 2.18. The molecule has 0 aliphatic rings. The SMILES string of the molecule is Cc1ncsc1C(=O)Nc1ccccc1C#CCO. The lowest BCUT2D eigenvalue weighted by Crippen LogP contribution is -2.12. The van der Waals surface area contributed by atoms with E-state index in [1.54, 1.807) is 24.6 Å². The first-order chi connectivity index (χ1) is 9.22. The van der Waals surface area contributed by atoms with Gasteiger partial charge in [-0.25, -0.2) is 4.98 Å². The number of carbonyl (C=O) groups is 1. The second-order valence-corrected chi connectivity index (χ2v) is 4.58. The van der Waals surface area contributed by atoms with E-state index in [9.17, 15) is 4.79 Å². The second kappa shape index (κ2) is 6.14. The van der Waals surface area contributed by atoms with E-state index in [1.807, 2.05) is 12.1 Å². The number of nitrogens with zero attached hydrogens (tertiary/aromatic N) is 1. The average molecular weight is 272 g/mol. The molecule has 1 aromatic carbocycles. The van der Waals surface area contributed by atoms with Gasteiger partial charge in [0, 0.05) is 5.56 Å². The number of anilines is 1. The minimum atomic E-state index is -0.212. The largest absolute Gasteiger partial charge is 0.384 e. The van der Waals surface area contributed by atoms with E-state index in [0.29, 0.717) is 21.8 Å². The average Bonchev–Trinajstić information content (AvgIpc) is 2.84. The fraction of sp³-hybridized carbons (Fsp3) is 0.143. The fourth-order valence-electron chi connectivity index (χ4n) is 1.53. The number of hydrogen-bond acceptors (Lipinski definition) is 4. The molecule has 0 spiro atoms. The van der Waals surface area contributed by atoms with Crippen molar-refractivity contribution in [3.63, 3.8) is 0 Å². The van der Waals surface area contributed by atoms with E-state index in [2.05, 4.69) is 22.1 Å². The number of aliphatic hydroxyl groups is 1. The molecule has 2 rings (SSSR count). The summed E-state index contributed by atoms with van der Waals surface area (Å²) in [5, 5.41) is 11.5. The molecule has 0 aliphatic carbocycles. The monoisotopic (exact) mass is 272 g/mol. The van der Waals surface area contributed by atoms with Crippen LogP contribution in [0.15, 0.2) is 29.8 Å². The standard InChI is InChI=1S/C14H12N2O2S/c1-10-13(19-9-15-10)14(18)16-12-7-3-2-5-11(12)6-4-8-17/h2-3,5,7,9,17H,8H2,1H3,(H,16,18). The predicted molar refractivity (Wildman–Crippen MR) is 75.2 cm³/mol. The molecular weight excluding hydrogens is 260 g/mol. The number of nitrogens with one attached hydrogen (secondary N) is 1. The number of aliphatic hydroxyl groups excluding tert-OH is 1. The molecule has 2 N–H and O–H groups in total. The number of aryl methyl sites for hydroxylation is 1. The number of benzene rings is 1. The summed E-state index contributed by atoms with van der Waals surface area (Å²) in [4.78, 5) is 16.7. The van der Waals surface area contributed by atoms with Gasteiger partial charge < -0.3 is 10.4 Å². The second-order valence-electron chi connectivity index (χ2n) is 3.73. The molecular formula is C14H12N2O2S. The normalized spacial score (nSPS) is 9.58. The first-order valence-electron chi connectivity index (χ1n) is 5.62. The molecule has 1 aromatic heterocycles. The van der Waals surface area contributed by atoms with Crippen LogP contribution in [0.4, 0.5) is 5.69 Å². The van der Waals surface area contributed by atoms with Gasteiger partial charge in [-0.3, -0.25) is 4.79 Å². The minimum absolute atomic E-state index is 0.196. The Morgan fingerprint density at radius 2 is 2.26 bits per heavy atom. The number of hydrogen-bond donors (Lipinski definition) is 2. The smallest absolute Gasteiger partial charge is 0.267 e. The Morgan fingerprint density at radius 3 is 2.95 bits per heavy atom. The lowest BCUT2D eigenvalue weighted by atomic mass is 10.2. The van der Waals surface area contributed by atoms with E-state index in [1.165, 1.54) is 11.3 Å². The zero-order chi connectivity index (χ0) is 13.7. The summed E-state index contributed by atoms with van der Waals surface area (Å²) in [5.41, 5.74) is 3.65. The van der Waals surface area contributed by atoms with Crippen LogP contribution in [0.3, 0.4) is 0 Å². The van der Waals surface area contributed by atoms with Crippen molar-refractivity contribution < 1.29 is 9.90 Å². The number of thiazole rings is 1. The van der Waals surface area contributed by atoms with E-state index in [-0.39, 0.29) is 12.5 Å². The number of aromatic nitrogens is 1. The number of amides is 1. The zero-order valence-corrected chi connectivity index (χ0v) is 11.1. The lowest BCUT2D eigenvalue weighted by Gasteiger charge is -2.06. The van der Waals surface area contributed by atoms with Crippen LogP contribution < -0.4 is 5.32 Å². The summed E-state index contributed by atoms with van der Waals surface area (Å²) in [6.07, 6.45) is 0. The molecule has 0 saturated carbocycles. The van der Waals surface area contributed by atoms with Crippen LogP contribution in [0.25, 0.3) is 0 Å². The topological polar surface area (TPSA) is 62.2 Å². The van der Waals surface area contributed by atoms with Crippen LogP contribution in [-0.2, 0) is 0 Å². The van der Waals surface area contributed by atoms with Crippen molar-refractivity contribution in [1.29, 1.82) is 0 Å². The maximum absolute atomic E-state index is 12.1. The van der Waals surface area contributed by atoms with E-state index in [4.69, 9.17) is 5.11 Å². The van der Waals surface area contributed by atoms with Crippen molar-refractivity contribution in [2.75, 3.05) is 11.9 Å². The Labute approximate surface area is 115 Å². The third kappa shape index (κ3) is 3.19. The van der Waals surface area contributed by atoms with E-state index < -0.39 is 0 Å². The first kappa shape index (κ1) is 13.3. The van der Waals surface area contributed by atoms with Crippen LogP contribution in [0.5, 0.6) is 0 Å². The highest BCUT2D eigenvalue weighted by atomic mass is 32.1. The van der Waals surface area contributed by atoms with Crippen molar-refractivity contribution in [3.8, 4) is 11.8 Å². The third-order valence-electron chi connectivity index (χ3n) is 2.43. The van der Waals surface area contributed by atoms with Crippen molar-refractivity contribution in [2.24, 2.45) is 0 Å². The van der Waals surface area contributed by atoms with Crippen LogP contribution in [0.1, 0.15) is 20.9 Å². The molecule has 0 atom stereocenters. The summed E-state index contributed by atoms with van der Waals surface area (Å²) in [6.45, 7) is 1.58. The first-order valence-corrected chi connectivity index (χ1v) is 6.50. The molecule has 0 aliphatic heterocycles. The quantitative estimate of drug-likeness (QED) is 0.822. The summed E-state index contributed by atoms with van der Waals surface area (Å²) >= 11 is 1.30. The van der Waals surface area contributed by atoms with Crippen LogP contribution in [-0.4, -0.2) is 22.6 Å². The van der Waals surface area contributed by atoms with Crippen LogP contribution in [0.2, 0.25) is 0 Å². The Balaban J connectivity index is 2.24. The van der Waals surface area contributed by atoms with Crippen LogP contribution in [0, 0.1) is 18.8 Å². The van der Waals surface area contributed by atoms with Gasteiger partial charge in [0.15, 0.2) is 0 Å². The molecule has 2 aromatic rings. The van der Waals surface area contributed by atoms with Crippen molar-refractivity contribution in [3.05, 3.63) is 45.9 Å². The molecule has 0 bridgehead atoms. The Bertz CT molecular complexity index is 653.